The van der Waals surface area contributed by atoms with Gasteiger partial charge in [-0.3, -0.25) is 0 Å². The molecule has 0 aromatic carbocycles. The molecule has 12 heavy (non-hydrogen) atoms. The fourth-order valence-corrected chi connectivity index (χ4v) is 3.26. The summed E-state index contributed by atoms with van der Waals surface area (Å²) in [5.74, 6) is 1.83. The van der Waals surface area contributed by atoms with Gasteiger partial charge in [-0.25, -0.2) is 0 Å². The van der Waals surface area contributed by atoms with E-state index in [0.29, 0.717) is 21.1 Å². The van der Waals surface area contributed by atoms with Crippen molar-refractivity contribution in [1.82, 2.24) is 0 Å². The van der Waals surface area contributed by atoms with Crippen molar-refractivity contribution >= 4 is 14.5 Å². The van der Waals surface area contributed by atoms with E-state index in [4.69, 9.17) is 15.2 Å². The second-order valence-electron chi connectivity index (χ2n) is 2.84. The summed E-state index contributed by atoms with van der Waals surface area (Å²) < 4.78 is 13.6. The molecule has 0 saturated heterocycles. The van der Waals surface area contributed by atoms with Gasteiger partial charge in [0, 0.05) is 0 Å². The normalized spacial score (nSPS) is 21.1. The molecule has 1 aromatic rings. The second-order valence-corrected chi connectivity index (χ2v) is 5.84. The topological polar surface area (TPSA) is 44.5 Å². The molecule has 3 nitrogen and oxygen atoms in total. The summed E-state index contributed by atoms with van der Waals surface area (Å²) in [4.78, 5) is 0. The molecule has 0 bridgehead atoms. The molecule has 2 rings (SSSR count). The van der Waals surface area contributed by atoms with Gasteiger partial charge in [0.15, 0.2) is 0 Å². The third kappa shape index (κ3) is 1.16. The van der Waals surface area contributed by atoms with E-state index in [-0.39, 0.29) is 6.23 Å². The SMILES string of the molecule is Cc1[se]c(C)c2c1OCC(N)O2. The van der Waals surface area contributed by atoms with Gasteiger partial charge in [0.25, 0.3) is 0 Å². The quantitative estimate of drug-likeness (QED) is 0.659. The molecule has 2 N–H and O–H groups in total. The minimum atomic E-state index is -0.291. The fraction of sp³-hybridized carbons (Fsp3) is 0.500. The third-order valence-corrected chi connectivity index (χ3v) is 3.88. The molecule has 1 aliphatic heterocycles. The first-order valence-corrected chi connectivity index (χ1v) is 5.55. The summed E-state index contributed by atoms with van der Waals surface area (Å²) in [6.45, 7) is 4.64. The number of hydrogen-bond donors (Lipinski definition) is 1. The van der Waals surface area contributed by atoms with E-state index >= 15 is 0 Å². The number of fused-ring (bicyclic) bond motifs is 1. The Balaban J connectivity index is 2.45. The molecule has 0 spiro atoms. The Morgan fingerprint density at radius 2 is 2.00 bits per heavy atom. The van der Waals surface area contributed by atoms with Crippen LogP contribution in [0.2, 0.25) is 0 Å². The van der Waals surface area contributed by atoms with Gasteiger partial charge in [0.05, 0.1) is 0 Å². The maximum absolute atomic E-state index is 5.60. The van der Waals surface area contributed by atoms with Crippen LogP contribution in [0.5, 0.6) is 11.5 Å². The van der Waals surface area contributed by atoms with Gasteiger partial charge in [-0.05, 0) is 0 Å². The van der Waals surface area contributed by atoms with Crippen LogP contribution in [0, 0.1) is 13.8 Å². The van der Waals surface area contributed by atoms with E-state index in [9.17, 15) is 0 Å². The predicted molar refractivity (Wildman–Crippen MR) is 47.0 cm³/mol. The molecular weight excluding hydrogens is 221 g/mol. The van der Waals surface area contributed by atoms with Crippen LogP contribution >= 0.6 is 0 Å². The Hall–Kier alpha value is -0.441. The Bertz CT molecular complexity index is 308. The molecule has 0 amide bonds. The van der Waals surface area contributed by atoms with Crippen molar-refractivity contribution in [2.45, 2.75) is 20.1 Å². The van der Waals surface area contributed by atoms with E-state index < -0.39 is 0 Å². The summed E-state index contributed by atoms with van der Waals surface area (Å²) in [6, 6.07) is 0. The van der Waals surface area contributed by atoms with E-state index in [2.05, 4.69) is 13.8 Å². The molecule has 0 radical (unpaired) electrons. The Morgan fingerprint density at radius 1 is 1.33 bits per heavy atom. The molecule has 1 atom stereocenters. The first kappa shape index (κ1) is 8.17. The van der Waals surface area contributed by atoms with Crippen LogP contribution in [-0.4, -0.2) is 27.3 Å². The predicted octanol–water partition coefficient (Wildman–Crippen LogP) is 0.416. The van der Waals surface area contributed by atoms with Crippen molar-refractivity contribution in [2.75, 3.05) is 6.61 Å². The van der Waals surface area contributed by atoms with Gasteiger partial charge in [0.2, 0.25) is 0 Å². The van der Waals surface area contributed by atoms with Crippen molar-refractivity contribution in [3.8, 4) is 11.5 Å². The van der Waals surface area contributed by atoms with Crippen LogP contribution < -0.4 is 15.2 Å². The first-order valence-electron chi connectivity index (χ1n) is 3.83. The van der Waals surface area contributed by atoms with Gasteiger partial charge in [-0.15, -0.1) is 0 Å². The Labute approximate surface area is 77.2 Å². The molecule has 1 unspecified atom stereocenters. The zero-order valence-corrected chi connectivity index (χ0v) is 8.80. The molecule has 1 aliphatic rings. The molecule has 1 aromatic heterocycles. The van der Waals surface area contributed by atoms with Crippen LogP contribution in [0.1, 0.15) is 8.87 Å². The number of aryl methyl sites for hydroxylation is 2. The monoisotopic (exact) mass is 233 g/mol. The molecule has 0 saturated carbocycles. The maximum atomic E-state index is 5.60. The average molecular weight is 232 g/mol. The van der Waals surface area contributed by atoms with Crippen molar-refractivity contribution in [3.05, 3.63) is 8.87 Å². The van der Waals surface area contributed by atoms with Gasteiger partial charge >= 0.3 is 76.8 Å². The number of nitrogens with two attached hydrogens (primary N) is 1. The van der Waals surface area contributed by atoms with Gasteiger partial charge < -0.3 is 0 Å². The summed E-state index contributed by atoms with van der Waals surface area (Å²) >= 11 is 0.411. The van der Waals surface area contributed by atoms with Gasteiger partial charge in [-0.1, -0.05) is 0 Å². The molecule has 2 heterocycles. The fourth-order valence-electron chi connectivity index (χ4n) is 1.30. The van der Waals surface area contributed by atoms with Crippen molar-refractivity contribution in [1.29, 1.82) is 0 Å². The number of ether oxygens (including phenoxy) is 2. The van der Waals surface area contributed by atoms with Gasteiger partial charge in [0.1, 0.15) is 0 Å². The number of hydrogen-bond acceptors (Lipinski definition) is 3. The van der Waals surface area contributed by atoms with Crippen LogP contribution in [-0.2, 0) is 0 Å². The summed E-state index contributed by atoms with van der Waals surface area (Å²) in [5.41, 5.74) is 5.60. The Kier molecular flexibility index (Phi) is 1.91. The summed E-state index contributed by atoms with van der Waals surface area (Å²) in [6.07, 6.45) is -0.291. The molecule has 0 fully saturated rings. The van der Waals surface area contributed by atoms with Crippen LogP contribution in [0.4, 0.5) is 0 Å². The first-order chi connectivity index (χ1) is 5.68. The van der Waals surface area contributed by atoms with Crippen molar-refractivity contribution in [2.24, 2.45) is 5.73 Å². The third-order valence-electron chi connectivity index (χ3n) is 1.81. The summed E-state index contributed by atoms with van der Waals surface area (Å²) in [7, 11) is 0. The zero-order valence-electron chi connectivity index (χ0n) is 7.09. The van der Waals surface area contributed by atoms with E-state index in [1.54, 1.807) is 0 Å². The molecular formula is C8H11NO2Se. The standard InChI is InChI=1S/C8H11NO2Se/c1-4-7-8(5(2)12-4)11-6(9)3-10-7/h6H,3,9H2,1-2H3. The Morgan fingerprint density at radius 3 is 2.75 bits per heavy atom. The summed E-state index contributed by atoms with van der Waals surface area (Å²) in [5, 5.41) is 0. The zero-order chi connectivity index (χ0) is 8.72. The number of rotatable bonds is 0. The van der Waals surface area contributed by atoms with E-state index in [1.807, 2.05) is 0 Å². The molecule has 4 heteroatoms. The van der Waals surface area contributed by atoms with Crippen LogP contribution in [0.3, 0.4) is 0 Å². The van der Waals surface area contributed by atoms with Gasteiger partial charge in [-0.2, -0.15) is 0 Å². The van der Waals surface area contributed by atoms with E-state index in [1.165, 1.54) is 8.87 Å². The minimum absolute atomic E-state index is 0.291. The molecule has 0 aliphatic carbocycles. The average Bonchev–Trinajstić information content (AvgIpc) is 2.28. The van der Waals surface area contributed by atoms with Crippen molar-refractivity contribution in [3.63, 3.8) is 0 Å². The second kappa shape index (κ2) is 2.80. The van der Waals surface area contributed by atoms with E-state index in [0.717, 1.165) is 11.5 Å². The van der Waals surface area contributed by atoms with Crippen molar-refractivity contribution < 1.29 is 9.47 Å². The molecule has 66 valence electrons. The van der Waals surface area contributed by atoms with Crippen LogP contribution in [0.25, 0.3) is 0 Å². The van der Waals surface area contributed by atoms with Crippen LogP contribution in [0.15, 0.2) is 0 Å².